The molecule has 0 bridgehead atoms. The summed E-state index contributed by atoms with van der Waals surface area (Å²) in [4.78, 5) is 24.2. The van der Waals surface area contributed by atoms with E-state index in [1.165, 1.54) is 25.7 Å². The van der Waals surface area contributed by atoms with E-state index in [-0.39, 0.29) is 23.8 Å². The summed E-state index contributed by atoms with van der Waals surface area (Å²) in [5.74, 6) is -0.303. The lowest BCUT2D eigenvalue weighted by atomic mass is 9.82. The van der Waals surface area contributed by atoms with Gasteiger partial charge in [-0.25, -0.2) is 0 Å². The van der Waals surface area contributed by atoms with Crippen molar-refractivity contribution in [2.24, 2.45) is 11.8 Å². The van der Waals surface area contributed by atoms with Crippen molar-refractivity contribution in [2.75, 3.05) is 6.61 Å². The van der Waals surface area contributed by atoms with E-state index in [1.807, 2.05) is 20.8 Å². The van der Waals surface area contributed by atoms with Crippen LogP contribution < -0.4 is 0 Å². The summed E-state index contributed by atoms with van der Waals surface area (Å²) >= 11 is 0. The molecule has 0 heterocycles. The molecule has 0 atom stereocenters. The minimum absolute atomic E-state index is 0.0382. The zero-order chi connectivity index (χ0) is 18.0. The molecule has 24 heavy (non-hydrogen) atoms. The Morgan fingerprint density at radius 1 is 0.833 bits per heavy atom. The lowest BCUT2D eigenvalue weighted by Crippen LogP contribution is -2.32. The van der Waals surface area contributed by atoms with E-state index in [1.54, 1.807) is 0 Å². The average Bonchev–Trinajstić information content (AvgIpc) is 2.52. The van der Waals surface area contributed by atoms with E-state index in [9.17, 15) is 9.59 Å². The number of unbranched alkanes of at least 4 members (excludes halogenated alkanes) is 5. The predicted octanol–water partition coefficient (Wildman–Crippen LogP) is 5.04. The summed E-state index contributed by atoms with van der Waals surface area (Å²) in [7, 11) is 0. The van der Waals surface area contributed by atoms with Crippen LogP contribution in [0, 0.1) is 11.8 Å². The molecule has 1 aliphatic rings. The van der Waals surface area contributed by atoms with Gasteiger partial charge in [0, 0.05) is 0 Å². The maximum absolute atomic E-state index is 12.1. The number of esters is 2. The molecule has 0 saturated heterocycles. The second kappa shape index (κ2) is 10.7. The average molecular weight is 341 g/mol. The van der Waals surface area contributed by atoms with Crippen LogP contribution in [0.25, 0.3) is 0 Å². The number of carbonyl (C=O) groups is 2. The van der Waals surface area contributed by atoms with Crippen LogP contribution >= 0.6 is 0 Å². The third-order valence-electron chi connectivity index (χ3n) is 4.54. The van der Waals surface area contributed by atoms with Gasteiger partial charge in [0.2, 0.25) is 0 Å². The van der Waals surface area contributed by atoms with Crippen molar-refractivity contribution in [1.29, 1.82) is 0 Å². The maximum Gasteiger partial charge on any atom is 0.309 e. The molecule has 0 aliphatic heterocycles. The first kappa shape index (κ1) is 21.0. The first-order valence-corrected chi connectivity index (χ1v) is 9.73. The predicted molar refractivity (Wildman–Crippen MR) is 95.6 cm³/mol. The molecule has 0 aromatic rings. The molecule has 0 unspecified atom stereocenters. The monoisotopic (exact) mass is 340 g/mol. The second-order valence-corrected chi connectivity index (χ2v) is 8.02. The Hall–Kier alpha value is -1.06. The molecule has 1 aliphatic carbocycles. The molecule has 1 fully saturated rings. The standard InChI is InChI=1S/C20H36O4/c1-5-6-7-8-9-10-15-23-18(21)16-11-13-17(14-12-16)19(22)24-20(2,3)4/h16-17H,5-15H2,1-4H3. The molecule has 140 valence electrons. The van der Waals surface area contributed by atoms with Crippen LogP contribution in [0.5, 0.6) is 0 Å². The van der Waals surface area contributed by atoms with E-state index < -0.39 is 5.60 Å². The third kappa shape index (κ3) is 8.70. The molecule has 0 amide bonds. The molecule has 1 saturated carbocycles. The van der Waals surface area contributed by atoms with Crippen LogP contribution in [0.1, 0.15) is 91.9 Å². The minimum atomic E-state index is -0.440. The van der Waals surface area contributed by atoms with Gasteiger partial charge in [-0.1, -0.05) is 39.0 Å². The zero-order valence-corrected chi connectivity index (χ0v) is 16.1. The summed E-state index contributed by atoms with van der Waals surface area (Å²) in [6, 6.07) is 0. The lowest BCUT2D eigenvalue weighted by molar-refractivity contribution is -0.163. The van der Waals surface area contributed by atoms with Crippen molar-refractivity contribution >= 4 is 11.9 Å². The molecular weight excluding hydrogens is 304 g/mol. The zero-order valence-electron chi connectivity index (χ0n) is 16.1. The molecule has 4 heteroatoms. The Balaban J connectivity index is 2.15. The van der Waals surface area contributed by atoms with Gasteiger partial charge in [-0.15, -0.1) is 0 Å². The Morgan fingerprint density at radius 3 is 1.88 bits per heavy atom. The lowest BCUT2D eigenvalue weighted by Gasteiger charge is -2.28. The molecule has 0 aromatic carbocycles. The van der Waals surface area contributed by atoms with Gasteiger partial charge in [0.05, 0.1) is 18.4 Å². The molecule has 0 spiro atoms. The number of carbonyl (C=O) groups excluding carboxylic acids is 2. The normalized spacial score (nSPS) is 21.3. The van der Waals surface area contributed by atoms with Crippen LogP contribution in [-0.4, -0.2) is 24.1 Å². The SMILES string of the molecule is CCCCCCCCOC(=O)C1CCC(C(=O)OC(C)(C)C)CC1. The van der Waals surface area contributed by atoms with E-state index in [0.717, 1.165) is 38.5 Å². The first-order valence-electron chi connectivity index (χ1n) is 9.73. The van der Waals surface area contributed by atoms with E-state index >= 15 is 0 Å². The third-order valence-corrected chi connectivity index (χ3v) is 4.54. The van der Waals surface area contributed by atoms with Crippen LogP contribution in [-0.2, 0) is 19.1 Å². The van der Waals surface area contributed by atoms with Gasteiger partial charge in [0.1, 0.15) is 5.60 Å². The fourth-order valence-corrected chi connectivity index (χ4v) is 3.12. The number of ether oxygens (including phenoxy) is 2. The molecule has 0 aromatic heterocycles. The summed E-state index contributed by atoms with van der Waals surface area (Å²) in [6.45, 7) is 8.40. The summed E-state index contributed by atoms with van der Waals surface area (Å²) < 4.78 is 10.8. The topological polar surface area (TPSA) is 52.6 Å². The van der Waals surface area contributed by atoms with E-state index in [2.05, 4.69) is 6.92 Å². The van der Waals surface area contributed by atoms with Gasteiger partial charge in [0.25, 0.3) is 0 Å². The van der Waals surface area contributed by atoms with Gasteiger partial charge in [-0.2, -0.15) is 0 Å². The van der Waals surface area contributed by atoms with E-state index in [0.29, 0.717) is 6.61 Å². The highest BCUT2D eigenvalue weighted by atomic mass is 16.6. The summed E-state index contributed by atoms with van der Waals surface area (Å²) in [5, 5.41) is 0. The highest BCUT2D eigenvalue weighted by Crippen LogP contribution is 2.31. The Morgan fingerprint density at radius 2 is 1.33 bits per heavy atom. The quantitative estimate of drug-likeness (QED) is 0.436. The largest absolute Gasteiger partial charge is 0.465 e. The molecule has 4 nitrogen and oxygen atoms in total. The molecular formula is C20H36O4. The van der Waals surface area contributed by atoms with Gasteiger partial charge in [-0.05, 0) is 52.9 Å². The maximum atomic E-state index is 12.1. The van der Waals surface area contributed by atoms with Crippen LogP contribution in [0.4, 0.5) is 0 Å². The van der Waals surface area contributed by atoms with Crippen molar-refractivity contribution in [1.82, 2.24) is 0 Å². The molecule has 1 rings (SSSR count). The van der Waals surface area contributed by atoms with Crippen LogP contribution in [0.3, 0.4) is 0 Å². The first-order chi connectivity index (χ1) is 11.3. The Kier molecular flexibility index (Phi) is 9.38. The molecule has 0 N–H and O–H groups in total. The number of hydrogen-bond donors (Lipinski definition) is 0. The van der Waals surface area contributed by atoms with Crippen molar-refractivity contribution in [3.05, 3.63) is 0 Å². The highest BCUT2D eigenvalue weighted by Gasteiger charge is 2.33. The van der Waals surface area contributed by atoms with Crippen molar-refractivity contribution in [3.8, 4) is 0 Å². The van der Waals surface area contributed by atoms with Crippen molar-refractivity contribution in [2.45, 2.75) is 97.5 Å². The van der Waals surface area contributed by atoms with Crippen molar-refractivity contribution < 1.29 is 19.1 Å². The Bertz CT molecular complexity index is 376. The second-order valence-electron chi connectivity index (χ2n) is 8.02. The minimum Gasteiger partial charge on any atom is -0.465 e. The van der Waals surface area contributed by atoms with Gasteiger partial charge in [0.15, 0.2) is 0 Å². The number of rotatable bonds is 9. The smallest absolute Gasteiger partial charge is 0.309 e. The number of hydrogen-bond acceptors (Lipinski definition) is 4. The van der Waals surface area contributed by atoms with Crippen LogP contribution in [0.2, 0.25) is 0 Å². The Labute approximate surface area is 147 Å². The van der Waals surface area contributed by atoms with Crippen LogP contribution in [0.15, 0.2) is 0 Å². The van der Waals surface area contributed by atoms with E-state index in [4.69, 9.17) is 9.47 Å². The van der Waals surface area contributed by atoms with Gasteiger partial charge >= 0.3 is 11.9 Å². The van der Waals surface area contributed by atoms with Gasteiger partial charge in [-0.3, -0.25) is 9.59 Å². The summed E-state index contributed by atoms with van der Waals surface area (Å²) in [6.07, 6.45) is 10.1. The highest BCUT2D eigenvalue weighted by molar-refractivity contribution is 5.75. The van der Waals surface area contributed by atoms with Gasteiger partial charge < -0.3 is 9.47 Å². The molecule has 0 radical (unpaired) electrons. The fourth-order valence-electron chi connectivity index (χ4n) is 3.12. The fraction of sp³-hybridized carbons (Fsp3) is 0.900. The van der Waals surface area contributed by atoms with Crippen molar-refractivity contribution in [3.63, 3.8) is 0 Å². The summed E-state index contributed by atoms with van der Waals surface area (Å²) in [5.41, 5.74) is -0.440.